The number of nitrogens with zero attached hydrogens (tertiary/aromatic N) is 2. The summed E-state index contributed by atoms with van der Waals surface area (Å²) in [5, 5.41) is 2.88. The third-order valence-electron chi connectivity index (χ3n) is 3.42. The molecule has 0 saturated carbocycles. The van der Waals surface area contributed by atoms with Crippen molar-refractivity contribution in [2.24, 2.45) is 5.92 Å². The molecule has 3 amide bonds. The van der Waals surface area contributed by atoms with Crippen LogP contribution in [0.25, 0.3) is 0 Å². The molecule has 0 aliphatic heterocycles. The quantitative estimate of drug-likeness (QED) is 0.840. The number of anilines is 2. The van der Waals surface area contributed by atoms with Crippen LogP contribution in [0.4, 0.5) is 16.2 Å². The molecule has 0 unspecified atom stereocenters. The molecule has 0 radical (unpaired) electrons. The highest BCUT2D eigenvalue weighted by atomic mass is 16.5. The molecule has 0 atom stereocenters. The van der Waals surface area contributed by atoms with Crippen LogP contribution in [-0.4, -0.2) is 50.7 Å². The Morgan fingerprint density at radius 2 is 1.83 bits per heavy atom. The van der Waals surface area contributed by atoms with Gasteiger partial charge in [-0.1, -0.05) is 13.8 Å². The second kappa shape index (κ2) is 9.15. The number of carbonyl (C=O) groups excluding carboxylic acids is 2. The Bertz CT molecular complexity index is 514. The second-order valence-electron chi connectivity index (χ2n) is 5.89. The molecule has 0 bridgehead atoms. The number of hydrogen-bond acceptors (Lipinski definition) is 3. The lowest BCUT2D eigenvalue weighted by atomic mass is 10.2. The topological polar surface area (TPSA) is 61.9 Å². The number of benzene rings is 1. The molecule has 128 valence electrons. The SMILES string of the molecule is COCCN(CC(C)C)C(=O)Nc1ccc(N(C)C(C)=O)cc1. The van der Waals surface area contributed by atoms with Gasteiger partial charge < -0.3 is 19.9 Å². The lowest BCUT2D eigenvalue weighted by molar-refractivity contribution is -0.116. The Labute approximate surface area is 138 Å². The van der Waals surface area contributed by atoms with Crippen LogP contribution in [0.15, 0.2) is 24.3 Å². The smallest absolute Gasteiger partial charge is 0.321 e. The Balaban J connectivity index is 2.72. The molecular formula is C17H27N3O3. The molecule has 0 aromatic heterocycles. The van der Waals surface area contributed by atoms with Gasteiger partial charge in [0.25, 0.3) is 0 Å². The van der Waals surface area contributed by atoms with Gasteiger partial charge in [-0.2, -0.15) is 0 Å². The standard InChI is InChI=1S/C17H27N3O3/c1-13(2)12-20(10-11-23-5)17(22)18-15-6-8-16(9-7-15)19(4)14(3)21/h6-9,13H,10-12H2,1-5H3,(H,18,22). The molecule has 0 saturated heterocycles. The lowest BCUT2D eigenvalue weighted by Gasteiger charge is -2.24. The van der Waals surface area contributed by atoms with Crippen molar-refractivity contribution in [2.75, 3.05) is 44.1 Å². The number of ether oxygens (including phenoxy) is 1. The van der Waals surface area contributed by atoms with E-state index in [2.05, 4.69) is 19.2 Å². The van der Waals surface area contributed by atoms with Crippen molar-refractivity contribution in [3.05, 3.63) is 24.3 Å². The normalized spacial score (nSPS) is 10.5. The number of carbonyl (C=O) groups is 2. The van der Waals surface area contributed by atoms with E-state index in [9.17, 15) is 9.59 Å². The van der Waals surface area contributed by atoms with Crippen molar-refractivity contribution in [3.63, 3.8) is 0 Å². The molecule has 0 fully saturated rings. The van der Waals surface area contributed by atoms with Gasteiger partial charge in [-0.05, 0) is 30.2 Å². The average Bonchev–Trinajstić information content (AvgIpc) is 2.50. The van der Waals surface area contributed by atoms with E-state index < -0.39 is 0 Å². The van der Waals surface area contributed by atoms with Gasteiger partial charge in [0.1, 0.15) is 0 Å². The lowest BCUT2D eigenvalue weighted by Crippen LogP contribution is -2.39. The van der Waals surface area contributed by atoms with Crippen molar-refractivity contribution < 1.29 is 14.3 Å². The predicted molar refractivity (Wildman–Crippen MR) is 92.8 cm³/mol. The molecule has 23 heavy (non-hydrogen) atoms. The maximum Gasteiger partial charge on any atom is 0.321 e. The van der Waals surface area contributed by atoms with E-state index in [0.717, 1.165) is 5.69 Å². The van der Waals surface area contributed by atoms with E-state index in [4.69, 9.17) is 4.74 Å². The summed E-state index contributed by atoms with van der Waals surface area (Å²) in [5.41, 5.74) is 1.48. The minimum Gasteiger partial charge on any atom is -0.383 e. The largest absolute Gasteiger partial charge is 0.383 e. The van der Waals surface area contributed by atoms with Crippen molar-refractivity contribution in [1.82, 2.24) is 4.90 Å². The van der Waals surface area contributed by atoms with E-state index in [1.165, 1.54) is 6.92 Å². The first kappa shape index (κ1) is 19.0. The molecule has 0 aliphatic rings. The Morgan fingerprint density at radius 3 is 2.30 bits per heavy atom. The zero-order valence-corrected chi connectivity index (χ0v) is 14.6. The van der Waals surface area contributed by atoms with Crippen LogP contribution in [0.1, 0.15) is 20.8 Å². The second-order valence-corrected chi connectivity index (χ2v) is 5.89. The summed E-state index contributed by atoms with van der Waals surface area (Å²) in [4.78, 5) is 27.0. The number of amides is 3. The summed E-state index contributed by atoms with van der Waals surface area (Å²) in [5.74, 6) is 0.341. The van der Waals surface area contributed by atoms with Crippen LogP contribution in [0.2, 0.25) is 0 Å². The fraction of sp³-hybridized carbons (Fsp3) is 0.529. The summed E-state index contributed by atoms with van der Waals surface area (Å²) < 4.78 is 5.06. The van der Waals surface area contributed by atoms with Crippen LogP contribution < -0.4 is 10.2 Å². The fourth-order valence-corrected chi connectivity index (χ4v) is 2.07. The van der Waals surface area contributed by atoms with E-state index >= 15 is 0 Å². The van der Waals surface area contributed by atoms with Crippen molar-refractivity contribution >= 4 is 23.3 Å². The third-order valence-corrected chi connectivity index (χ3v) is 3.42. The van der Waals surface area contributed by atoms with Gasteiger partial charge in [-0.15, -0.1) is 0 Å². The molecular weight excluding hydrogens is 294 g/mol. The maximum absolute atomic E-state index is 12.4. The van der Waals surface area contributed by atoms with Crippen LogP contribution in [0.3, 0.4) is 0 Å². The molecule has 6 nitrogen and oxygen atoms in total. The van der Waals surface area contributed by atoms with E-state index in [0.29, 0.717) is 31.3 Å². The van der Waals surface area contributed by atoms with Crippen LogP contribution >= 0.6 is 0 Å². The first-order valence-corrected chi connectivity index (χ1v) is 7.74. The molecule has 1 aromatic rings. The van der Waals surface area contributed by atoms with Gasteiger partial charge in [-0.25, -0.2) is 4.79 Å². The molecule has 0 spiro atoms. The van der Waals surface area contributed by atoms with Crippen LogP contribution in [0.5, 0.6) is 0 Å². The highest BCUT2D eigenvalue weighted by Gasteiger charge is 2.15. The van der Waals surface area contributed by atoms with E-state index in [1.54, 1.807) is 48.2 Å². The Kier molecular flexibility index (Phi) is 7.54. The minimum atomic E-state index is -0.150. The number of methoxy groups -OCH3 is 1. The Hall–Kier alpha value is -2.08. The van der Waals surface area contributed by atoms with E-state index in [1.807, 2.05) is 0 Å². The van der Waals surface area contributed by atoms with Gasteiger partial charge in [0.05, 0.1) is 6.61 Å². The first-order chi connectivity index (χ1) is 10.8. The summed E-state index contributed by atoms with van der Waals surface area (Å²) in [6.45, 7) is 7.36. The van der Waals surface area contributed by atoms with Crippen molar-refractivity contribution in [1.29, 1.82) is 0 Å². The molecule has 1 rings (SSSR count). The number of nitrogens with one attached hydrogen (secondary N) is 1. The van der Waals surface area contributed by atoms with Gasteiger partial charge in [0.15, 0.2) is 0 Å². The molecule has 1 N–H and O–H groups in total. The summed E-state index contributed by atoms with van der Waals surface area (Å²) in [6, 6.07) is 7.04. The molecule has 0 aliphatic carbocycles. The monoisotopic (exact) mass is 321 g/mol. The molecule has 1 aromatic carbocycles. The Morgan fingerprint density at radius 1 is 1.22 bits per heavy atom. The highest BCUT2D eigenvalue weighted by molar-refractivity contribution is 5.92. The maximum atomic E-state index is 12.4. The van der Waals surface area contributed by atoms with Crippen LogP contribution in [0, 0.1) is 5.92 Å². The number of hydrogen-bond donors (Lipinski definition) is 1. The summed E-state index contributed by atoms with van der Waals surface area (Å²) >= 11 is 0. The van der Waals surface area contributed by atoms with Gasteiger partial charge in [0.2, 0.25) is 5.91 Å². The highest BCUT2D eigenvalue weighted by Crippen LogP contribution is 2.17. The van der Waals surface area contributed by atoms with Gasteiger partial charge in [0, 0.05) is 45.5 Å². The van der Waals surface area contributed by atoms with Gasteiger partial charge in [-0.3, -0.25) is 4.79 Å². The predicted octanol–water partition coefficient (Wildman–Crippen LogP) is 2.81. The zero-order valence-electron chi connectivity index (χ0n) is 14.6. The average molecular weight is 321 g/mol. The number of rotatable bonds is 7. The summed E-state index contributed by atoms with van der Waals surface area (Å²) in [6.07, 6.45) is 0. The minimum absolute atomic E-state index is 0.0375. The van der Waals surface area contributed by atoms with E-state index in [-0.39, 0.29) is 11.9 Å². The fourth-order valence-electron chi connectivity index (χ4n) is 2.07. The van der Waals surface area contributed by atoms with Crippen molar-refractivity contribution in [2.45, 2.75) is 20.8 Å². The third kappa shape index (κ3) is 6.28. The summed E-state index contributed by atoms with van der Waals surface area (Å²) in [7, 11) is 3.33. The zero-order chi connectivity index (χ0) is 17.4. The van der Waals surface area contributed by atoms with Gasteiger partial charge >= 0.3 is 6.03 Å². The van der Waals surface area contributed by atoms with Crippen molar-refractivity contribution in [3.8, 4) is 0 Å². The number of urea groups is 1. The molecule has 6 heteroatoms. The first-order valence-electron chi connectivity index (χ1n) is 7.74. The molecule has 0 heterocycles. The van der Waals surface area contributed by atoms with Crippen LogP contribution in [-0.2, 0) is 9.53 Å².